The summed E-state index contributed by atoms with van der Waals surface area (Å²) in [5.41, 5.74) is 0. The van der Waals surface area contributed by atoms with E-state index in [0.29, 0.717) is 0 Å². The monoisotopic (exact) mass is 444 g/mol. The Morgan fingerprint density at radius 2 is 0.840 bits per heavy atom. The molecule has 3 unspecified atom stereocenters. The Labute approximate surface area is 167 Å². The van der Waals surface area contributed by atoms with E-state index in [1.54, 1.807) is 0 Å². The fourth-order valence-corrected chi connectivity index (χ4v) is 0.741. The van der Waals surface area contributed by atoms with Crippen molar-refractivity contribution < 1.29 is 57.9 Å². The van der Waals surface area contributed by atoms with E-state index in [0.717, 1.165) is 0 Å². The van der Waals surface area contributed by atoms with E-state index < -0.39 is 56.0 Å². The molecule has 144 valence electrons. The fourth-order valence-electron chi connectivity index (χ4n) is 0.383. The summed E-state index contributed by atoms with van der Waals surface area (Å²) < 4.78 is 11.3. The minimum atomic E-state index is -1.63. The predicted molar refractivity (Wildman–Crippen MR) is 74.2 cm³/mol. The number of carbonyl (C=O) groups excluding carboxylic acids is 3. The van der Waals surface area contributed by atoms with Crippen LogP contribution in [-0.2, 0) is 27.3 Å². The van der Waals surface area contributed by atoms with Gasteiger partial charge in [-0.05, 0) is 0 Å². The smallest absolute Gasteiger partial charge is 0.547 e. The van der Waals surface area contributed by atoms with Gasteiger partial charge in [-0.25, -0.2) is 0 Å². The average molecular weight is 446 g/mol. The van der Waals surface area contributed by atoms with Crippen molar-refractivity contribution in [1.29, 1.82) is 0 Å². The van der Waals surface area contributed by atoms with Crippen molar-refractivity contribution >= 4 is 70.9 Å². The number of carboxylic acids is 3. The van der Waals surface area contributed by atoms with Crippen LogP contribution in [0.3, 0.4) is 0 Å². The summed E-state index contributed by atoms with van der Waals surface area (Å²) in [6.07, 6.45) is -4.90. The molecule has 0 aromatic carbocycles. The standard InChI is InChI=1S/3C3H5ClO4.Al/c3*4-8-1-2(5)3(6)7;/h3*2,5H,1H2,(H,6,7);/q;;;+3/p-3. The van der Waals surface area contributed by atoms with Crippen LogP contribution in [0.15, 0.2) is 0 Å². The van der Waals surface area contributed by atoms with Gasteiger partial charge in [-0.3, -0.25) is 12.9 Å². The Hall–Kier alpha value is -0.428. The second kappa shape index (κ2) is 21.6. The topological polar surface area (TPSA) is 209 Å². The largest absolute Gasteiger partial charge is 3.00 e. The van der Waals surface area contributed by atoms with Crippen molar-refractivity contribution in [3.63, 3.8) is 0 Å². The van der Waals surface area contributed by atoms with Gasteiger partial charge in [0.05, 0.1) is 73.3 Å². The summed E-state index contributed by atoms with van der Waals surface area (Å²) in [4.78, 5) is 28.8. The third-order valence-electron chi connectivity index (χ3n) is 1.48. The number of aliphatic hydroxyl groups excluding tert-OH is 3. The predicted octanol–water partition coefficient (Wildman–Crippen LogP) is -5.58. The van der Waals surface area contributed by atoms with E-state index in [1.165, 1.54) is 0 Å². The van der Waals surface area contributed by atoms with Crippen molar-refractivity contribution in [2.24, 2.45) is 0 Å². The maximum Gasteiger partial charge on any atom is 3.00 e. The number of carboxylic acid groups (broad SMARTS) is 3. The third kappa shape index (κ3) is 25.9. The van der Waals surface area contributed by atoms with Gasteiger partial charge < -0.3 is 45.0 Å². The first-order chi connectivity index (χ1) is 11.0. The molecule has 0 radical (unpaired) electrons. The zero-order valence-electron chi connectivity index (χ0n) is 12.1. The molecule has 0 aromatic heterocycles. The first kappa shape index (κ1) is 32.3. The molecule has 0 heterocycles. The SMILES string of the molecule is O=C([O-])C(O)COCl.O=C([O-])C(O)COCl.O=C([O-])C(O)COCl.[Al+3]. The number of rotatable bonds is 9. The van der Waals surface area contributed by atoms with Crippen LogP contribution >= 0.6 is 35.6 Å². The molecule has 0 rings (SSSR count). The number of hydrogen-bond donors (Lipinski definition) is 3. The summed E-state index contributed by atoms with van der Waals surface area (Å²) in [6, 6.07) is 0. The van der Waals surface area contributed by atoms with E-state index in [-0.39, 0.29) is 17.4 Å². The molecule has 16 heteroatoms. The molecule has 12 nitrogen and oxygen atoms in total. The molecule has 0 spiro atoms. The zero-order valence-corrected chi connectivity index (χ0v) is 15.5. The summed E-state index contributed by atoms with van der Waals surface area (Å²) in [7, 11) is 0. The van der Waals surface area contributed by atoms with Crippen LogP contribution in [-0.4, -0.2) is 88.7 Å². The summed E-state index contributed by atoms with van der Waals surface area (Å²) in [5, 5.41) is 53.5. The van der Waals surface area contributed by atoms with E-state index in [4.69, 9.17) is 15.3 Å². The average Bonchev–Trinajstić information content (AvgIpc) is 2.49. The van der Waals surface area contributed by atoms with Gasteiger partial charge in [0.2, 0.25) is 0 Å². The van der Waals surface area contributed by atoms with Gasteiger partial charge in [0.25, 0.3) is 0 Å². The molecule has 0 amide bonds. The Morgan fingerprint density at radius 3 is 0.880 bits per heavy atom. The molecular weight excluding hydrogens is 433 g/mol. The second-order valence-corrected chi connectivity index (χ2v) is 3.99. The molecule has 0 saturated carbocycles. The zero-order chi connectivity index (χ0) is 19.7. The Morgan fingerprint density at radius 1 is 0.680 bits per heavy atom. The van der Waals surface area contributed by atoms with Crippen molar-refractivity contribution in [1.82, 2.24) is 0 Å². The normalized spacial score (nSPS) is 12.7. The maximum atomic E-state index is 9.59. The van der Waals surface area contributed by atoms with Gasteiger partial charge in [-0.1, -0.05) is 0 Å². The minimum Gasteiger partial charge on any atom is -0.547 e. The molecule has 0 aliphatic carbocycles. The van der Waals surface area contributed by atoms with Gasteiger partial charge in [-0.15, -0.1) is 0 Å². The molecule has 0 aliphatic heterocycles. The van der Waals surface area contributed by atoms with Gasteiger partial charge in [0.1, 0.15) is 18.3 Å². The summed E-state index contributed by atoms with van der Waals surface area (Å²) in [5.74, 6) is -4.78. The fraction of sp³-hybridized carbons (Fsp3) is 0.667. The molecule has 0 saturated heterocycles. The van der Waals surface area contributed by atoms with Crippen LogP contribution in [0.1, 0.15) is 0 Å². The van der Waals surface area contributed by atoms with Crippen LogP contribution in [0.25, 0.3) is 0 Å². The van der Waals surface area contributed by atoms with Crippen LogP contribution < -0.4 is 15.3 Å². The molecule has 0 aliphatic rings. The van der Waals surface area contributed by atoms with Crippen LogP contribution in [0.2, 0.25) is 0 Å². The first-order valence-electron chi connectivity index (χ1n) is 5.42. The van der Waals surface area contributed by atoms with Crippen LogP contribution in [0, 0.1) is 0 Å². The van der Waals surface area contributed by atoms with E-state index in [1.807, 2.05) is 0 Å². The van der Waals surface area contributed by atoms with Gasteiger partial charge >= 0.3 is 17.4 Å². The maximum absolute atomic E-state index is 9.59. The van der Waals surface area contributed by atoms with Crippen molar-refractivity contribution in [2.75, 3.05) is 19.8 Å². The molecule has 0 aromatic rings. The molecule has 0 bridgehead atoms. The van der Waals surface area contributed by atoms with Crippen molar-refractivity contribution in [2.45, 2.75) is 18.3 Å². The molecule has 0 fully saturated rings. The summed E-state index contributed by atoms with van der Waals surface area (Å²) in [6.45, 7) is -1.36. The van der Waals surface area contributed by atoms with Crippen molar-refractivity contribution in [3.8, 4) is 0 Å². The molecule has 25 heavy (non-hydrogen) atoms. The van der Waals surface area contributed by atoms with Crippen LogP contribution in [0.5, 0.6) is 0 Å². The third-order valence-corrected chi connectivity index (χ3v) is 1.86. The first-order valence-corrected chi connectivity index (χ1v) is 6.34. The van der Waals surface area contributed by atoms with Gasteiger partial charge in [0.15, 0.2) is 0 Å². The Kier molecular flexibility index (Phi) is 27.9. The Balaban J connectivity index is -0.000000130. The number of hydrogen-bond acceptors (Lipinski definition) is 12. The van der Waals surface area contributed by atoms with Gasteiger partial charge in [0, 0.05) is 0 Å². The quantitative estimate of drug-likeness (QED) is 0.284. The van der Waals surface area contributed by atoms with E-state index >= 15 is 0 Å². The number of halogens is 3. The molecule has 3 N–H and O–H groups in total. The second-order valence-electron chi connectivity index (χ2n) is 3.33. The number of carbonyl (C=O) groups is 3. The Bertz CT molecular complexity index is 308. The number of aliphatic hydroxyl groups is 3. The number of aliphatic carboxylic acids is 3. The molecular formula is C9H12AlCl3O12. The minimum absolute atomic E-state index is 0. The molecule has 3 atom stereocenters. The van der Waals surface area contributed by atoms with E-state index in [2.05, 4.69) is 48.5 Å². The summed E-state index contributed by atoms with van der Waals surface area (Å²) >= 11 is 13.8. The van der Waals surface area contributed by atoms with Crippen molar-refractivity contribution in [3.05, 3.63) is 0 Å². The van der Waals surface area contributed by atoms with Gasteiger partial charge in [-0.2, -0.15) is 0 Å². The van der Waals surface area contributed by atoms with E-state index in [9.17, 15) is 29.7 Å². The van der Waals surface area contributed by atoms with Crippen LogP contribution in [0.4, 0.5) is 0 Å².